The van der Waals surface area contributed by atoms with E-state index in [1.165, 1.54) is 32.1 Å². The minimum Gasteiger partial charge on any atom is -0.396 e. The fraction of sp³-hybridized carbons (Fsp3) is 1.00. The first-order chi connectivity index (χ1) is 7.07. The van der Waals surface area contributed by atoms with Gasteiger partial charge in [-0.25, -0.2) is 0 Å². The topological polar surface area (TPSA) is 32.3 Å². The third-order valence-electron chi connectivity index (χ3n) is 3.66. The van der Waals surface area contributed by atoms with Crippen molar-refractivity contribution in [3.8, 4) is 0 Å². The Hall–Kier alpha value is -0.0800. The zero-order valence-electron chi connectivity index (χ0n) is 10.6. The van der Waals surface area contributed by atoms with Gasteiger partial charge < -0.3 is 10.4 Å². The molecular weight excluding hydrogens is 186 g/mol. The van der Waals surface area contributed by atoms with E-state index in [1.54, 1.807) is 0 Å². The number of nitrogens with one attached hydrogen (secondary N) is 1. The Morgan fingerprint density at radius 3 is 2.67 bits per heavy atom. The lowest BCUT2D eigenvalue weighted by Crippen LogP contribution is -2.41. The third-order valence-corrected chi connectivity index (χ3v) is 3.66. The van der Waals surface area contributed by atoms with Crippen LogP contribution in [0.25, 0.3) is 0 Å². The molecule has 1 saturated carbocycles. The molecule has 2 nitrogen and oxygen atoms in total. The monoisotopic (exact) mass is 213 g/mol. The molecule has 0 radical (unpaired) electrons. The lowest BCUT2D eigenvalue weighted by atomic mass is 9.83. The molecule has 90 valence electrons. The van der Waals surface area contributed by atoms with Crippen LogP contribution in [0.1, 0.15) is 52.9 Å². The van der Waals surface area contributed by atoms with E-state index in [4.69, 9.17) is 0 Å². The van der Waals surface area contributed by atoms with Gasteiger partial charge in [-0.1, -0.05) is 40.0 Å². The van der Waals surface area contributed by atoms with Crippen LogP contribution in [-0.4, -0.2) is 24.3 Å². The lowest BCUT2D eigenvalue weighted by molar-refractivity contribution is 0.146. The van der Waals surface area contributed by atoms with Crippen molar-refractivity contribution in [2.75, 3.05) is 13.2 Å². The molecule has 1 fully saturated rings. The molecule has 0 aliphatic heterocycles. The van der Waals surface area contributed by atoms with E-state index in [-0.39, 0.29) is 12.0 Å². The molecule has 0 aromatic carbocycles. The van der Waals surface area contributed by atoms with Gasteiger partial charge in [0.25, 0.3) is 0 Å². The molecule has 2 N–H and O–H groups in total. The first-order valence-corrected chi connectivity index (χ1v) is 6.41. The van der Waals surface area contributed by atoms with E-state index in [1.807, 2.05) is 0 Å². The zero-order valence-corrected chi connectivity index (χ0v) is 10.6. The Morgan fingerprint density at radius 2 is 2.07 bits per heavy atom. The summed E-state index contributed by atoms with van der Waals surface area (Å²) in [4.78, 5) is 0. The molecule has 0 saturated heterocycles. The van der Waals surface area contributed by atoms with Crippen molar-refractivity contribution >= 4 is 0 Å². The van der Waals surface area contributed by atoms with Gasteiger partial charge in [0, 0.05) is 24.6 Å². The SMILES string of the molecule is CCC1CCCC(NCC(C)(C)CO)C1. The Kier molecular flexibility index (Phi) is 5.07. The second-order valence-corrected chi connectivity index (χ2v) is 5.84. The van der Waals surface area contributed by atoms with Gasteiger partial charge in [0.2, 0.25) is 0 Å². The number of rotatable bonds is 5. The molecule has 0 amide bonds. The molecule has 0 aromatic heterocycles. The van der Waals surface area contributed by atoms with Crippen molar-refractivity contribution in [2.45, 2.75) is 58.9 Å². The van der Waals surface area contributed by atoms with Gasteiger partial charge in [-0.15, -0.1) is 0 Å². The first kappa shape index (κ1) is 13.0. The standard InChI is InChI=1S/C13H27NO/c1-4-11-6-5-7-12(8-11)14-9-13(2,3)10-15/h11-12,14-15H,4-10H2,1-3H3. The summed E-state index contributed by atoms with van der Waals surface area (Å²) in [5, 5.41) is 12.8. The smallest absolute Gasteiger partial charge is 0.0494 e. The van der Waals surface area contributed by atoms with Crippen LogP contribution >= 0.6 is 0 Å². The van der Waals surface area contributed by atoms with E-state index in [0.717, 1.165) is 12.5 Å². The minimum absolute atomic E-state index is 0.0269. The van der Waals surface area contributed by atoms with Gasteiger partial charge in [0.15, 0.2) is 0 Å². The van der Waals surface area contributed by atoms with Crippen molar-refractivity contribution in [1.29, 1.82) is 0 Å². The molecule has 2 heteroatoms. The summed E-state index contributed by atoms with van der Waals surface area (Å²) in [6.45, 7) is 7.72. The second kappa shape index (κ2) is 5.86. The third kappa shape index (κ3) is 4.52. The van der Waals surface area contributed by atoms with E-state index < -0.39 is 0 Å². The van der Waals surface area contributed by atoms with Crippen LogP contribution in [0.5, 0.6) is 0 Å². The highest BCUT2D eigenvalue weighted by Crippen LogP contribution is 2.27. The summed E-state index contributed by atoms with van der Waals surface area (Å²) in [5.41, 5.74) is 0.0269. The largest absolute Gasteiger partial charge is 0.396 e. The normalized spacial score (nSPS) is 28.0. The molecule has 15 heavy (non-hydrogen) atoms. The molecular formula is C13H27NO. The Morgan fingerprint density at radius 1 is 1.33 bits per heavy atom. The Bertz CT molecular complexity index is 179. The second-order valence-electron chi connectivity index (χ2n) is 5.84. The van der Waals surface area contributed by atoms with Crippen LogP contribution in [0.15, 0.2) is 0 Å². The summed E-state index contributed by atoms with van der Waals surface area (Å²) in [6.07, 6.45) is 6.76. The van der Waals surface area contributed by atoms with Crippen molar-refractivity contribution in [3.63, 3.8) is 0 Å². The van der Waals surface area contributed by atoms with Gasteiger partial charge in [-0.3, -0.25) is 0 Å². The summed E-state index contributed by atoms with van der Waals surface area (Å²) in [6, 6.07) is 0.689. The predicted octanol–water partition coefficient (Wildman–Crippen LogP) is 2.56. The highest BCUT2D eigenvalue weighted by Gasteiger charge is 2.23. The molecule has 0 bridgehead atoms. The van der Waals surface area contributed by atoms with Crippen molar-refractivity contribution in [2.24, 2.45) is 11.3 Å². The Labute approximate surface area is 94.5 Å². The lowest BCUT2D eigenvalue weighted by Gasteiger charge is -2.32. The highest BCUT2D eigenvalue weighted by atomic mass is 16.3. The minimum atomic E-state index is 0.0269. The maximum Gasteiger partial charge on any atom is 0.0494 e. The van der Waals surface area contributed by atoms with Crippen LogP contribution in [-0.2, 0) is 0 Å². The van der Waals surface area contributed by atoms with Crippen molar-refractivity contribution in [1.82, 2.24) is 5.32 Å². The van der Waals surface area contributed by atoms with Crippen LogP contribution in [0.4, 0.5) is 0 Å². The molecule has 0 spiro atoms. The first-order valence-electron chi connectivity index (χ1n) is 6.41. The maximum absolute atomic E-state index is 9.18. The Balaban J connectivity index is 2.26. The van der Waals surface area contributed by atoms with E-state index >= 15 is 0 Å². The van der Waals surface area contributed by atoms with E-state index in [9.17, 15) is 5.11 Å². The van der Waals surface area contributed by atoms with Gasteiger partial charge in [-0.05, 0) is 18.8 Å². The highest BCUT2D eigenvalue weighted by molar-refractivity contribution is 4.80. The van der Waals surface area contributed by atoms with Gasteiger partial charge in [0.1, 0.15) is 0 Å². The molecule has 0 heterocycles. The van der Waals surface area contributed by atoms with Crippen LogP contribution in [0.3, 0.4) is 0 Å². The number of aliphatic hydroxyl groups excluding tert-OH is 1. The van der Waals surface area contributed by atoms with Gasteiger partial charge in [0.05, 0.1) is 0 Å². The fourth-order valence-electron chi connectivity index (χ4n) is 2.32. The van der Waals surface area contributed by atoms with Gasteiger partial charge in [-0.2, -0.15) is 0 Å². The quantitative estimate of drug-likeness (QED) is 0.735. The summed E-state index contributed by atoms with van der Waals surface area (Å²) in [7, 11) is 0. The average molecular weight is 213 g/mol. The summed E-state index contributed by atoms with van der Waals surface area (Å²) in [5.74, 6) is 0.925. The molecule has 1 aliphatic carbocycles. The molecule has 2 atom stereocenters. The molecule has 1 aliphatic rings. The van der Waals surface area contributed by atoms with Crippen molar-refractivity contribution in [3.05, 3.63) is 0 Å². The fourth-order valence-corrected chi connectivity index (χ4v) is 2.32. The molecule has 2 unspecified atom stereocenters. The molecule has 1 rings (SSSR count). The predicted molar refractivity (Wildman–Crippen MR) is 64.9 cm³/mol. The maximum atomic E-state index is 9.18. The van der Waals surface area contributed by atoms with Gasteiger partial charge >= 0.3 is 0 Å². The zero-order chi connectivity index (χ0) is 11.3. The summed E-state index contributed by atoms with van der Waals surface area (Å²) >= 11 is 0. The van der Waals surface area contributed by atoms with E-state index in [0.29, 0.717) is 6.04 Å². The number of hydrogen-bond acceptors (Lipinski definition) is 2. The van der Waals surface area contributed by atoms with E-state index in [2.05, 4.69) is 26.1 Å². The van der Waals surface area contributed by atoms with Crippen LogP contribution < -0.4 is 5.32 Å². The number of aliphatic hydroxyl groups is 1. The van der Waals surface area contributed by atoms with Crippen LogP contribution in [0, 0.1) is 11.3 Å². The van der Waals surface area contributed by atoms with Crippen LogP contribution in [0.2, 0.25) is 0 Å². The molecule has 0 aromatic rings. The summed E-state index contributed by atoms with van der Waals surface area (Å²) < 4.78 is 0. The average Bonchev–Trinajstić information content (AvgIpc) is 2.27. The van der Waals surface area contributed by atoms with Crippen molar-refractivity contribution < 1.29 is 5.11 Å². The number of hydrogen-bond donors (Lipinski definition) is 2.